The first-order chi connectivity index (χ1) is 11.7. The fraction of sp³-hybridized carbons (Fsp3) is 0.632. The van der Waals surface area contributed by atoms with Crippen molar-refractivity contribution >= 4 is 5.96 Å². The summed E-state index contributed by atoms with van der Waals surface area (Å²) in [6.45, 7) is 10.1. The van der Waals surface area contributed by atoms with E-state index in [0.717, 1.165) is 51.8 Å². The number of benzene rings is 1. The van der Waals surface area contributed by atoms with Crippen molar-refractivity contribution in [2.24, 2.45) is 10.9 Å². The molecule has 1 aliphatic rings. The highest BCUT2D eigenvalue weighted by atomic mass is 16.5. The summed E-state index contributed by atoms with van der Waals surface area (Å²) >= 11 is 0. The van der Waals surface area contributed by atoms with Crippen LogP contribution in [0.25, 0.3) is 0 Å². The van der Waals surface area contributed by atoms with Crippen LogP contribution in [0.2, 0.25) is 0 Å². The Kier molecular flexibility index (Phi) is 8.05. The third-order valence-electron chi connectivity index (χ3n) is 4.54. The van der Waals surface area contributed by atoms with E-state index in [1.807, 2.05) is 7.05 Å². The lowest BCUT2D eigenvalue weighted by atomic mass is 10.0. The first-order valence-electron chi connectivity index (χ1n) is 9.01. The van der Waals surface area contributed by atoms with Gasteiger partial charge in [-0.3, -0.25) is 9.89 Å². The molecule has 24 heavy (non-hydrogen) atoms. The van der Waals surface area contributed by atoms with Gasteiger partial charge in [-0.1, -0.05) is 44.2 Å². The molecule has 1 heterocycles. The molecule has 1 aromatic carbocycles. The van der Waals surface area contributed by atoms with Crippen molar-refractivity contribution < 1.29 is 4.74 Å². The number of aliphatic imine (C=N–C) groups is 1. The molecule has 2 N–H and O–H groups in total. The van der Waals surface area contributed by atoms with Gasteiger partial charge in [-0.2, -0.15) is 0 Å². The van der Waals surface area contributed by atoms with E-state index in [2.05, 4.69) is 64.7 Å². The van der Waals surface area contributed by atoms with Crippen molar-refractivity contribution in [2.75, 3.05) is 46.4 Å². The Labute approximate surface area is 146 Å². The molecule has 1 fully saturated rings. The standard InChI is InChI=1S/C19H32N4O/c1-16(2)18(23-11-13-24-14-12-23)15-22-19(20-3)21-10-9-17-7-5-4-6-8-17/h4-8,16,18H,9-15H2,1-3H3,(H2,20,21,22). The first-order valence-corrected chi connectivity index (χ1v) is 9.01. The highest BCUT2D eigenvalue weighted by molar-refractivity contribution is 5.79. The van der Waals surface area contributed by atoms with Gasteiger partial charge >= 0.3 is 0 Å². The smallest absolute Gasteiger partial charge is 0.191 e. The molecule has 134 valence electrons. The summed E-state index contributed by atoms with van der Waals surface area (Å²) < 4.78 is 5.47. The largest absolute Gasteiger partial charge is 0.379 e. The van der Waals surface area contributed by atoms with E-state index in [9.17, 15) is 0 Å². The summed E-state index contributed by atoms with van der Waals surface area (Å²) in [5.41, 5.74) is 1.34. The van der Waals surface area contributed by atoms with Gasteiger partial charge in [0.1, 0.15) is 0 Å². The minimum atomic E-state index is 0.501. The molecule has 5 heteroatoms. The SMILES string of the molecule is CN=C(NCCc1ccccc1)NCC(C(C)C)N1CCOCC1. The Morgan fingerprint density at radius 1 is 1.17 bits per heavy atom. The van der Waals surface area contributed by atoms with E-state index in [1.165, 1.54) is 5.56 Å². The van der Waals surface area contributed by atoms with Crippen LogP contribution < -0.4 is 10.6 Å². The van der Waals surface area contributed by atoms with Crippen molar-refractivity contribution in [3.05, 3.63) is 35.9 Å². The molecule has 5 nitrogen and oxygen atoms in total. The van der Waals surface area contributed by atoms with Gasteiger partial charge in [-0.15, -0.1) is 0 Å². The molecule has 0 spiro atoms. The van der Waals surface area contributed by atoms with Gasteiger partial charge in [0.2, 0.25) is 0 Å². The van der Waals surface area contributed by atoms with Crippen molar-refractivity contribution in [3.8, 4) is 0 Å². The van der Waals surface area contributed by atoms with Crippen LogP contribution in [0.15, 0.2) is 35.3 Å². The molecular weight excluding hydrogens is 300 g/mol. The number of rotatable bonds is 7. The molecule has 0 radical (unpaired) electrons. The topological polar surface area (TPSA) is 48.9 Å². The molecular formula is C19H32N4O. The van der Waals surface area contributed by atoms with E-state index in [4.69, 9.17) is 4.74 Å². The van der Waals surface area contributed by atoms with Crippen molar-refractivity contribution in [1.82, 2.24) is 15.5 Å². The number of nitrogens with one attached hydrogen (secondary N) is 2. The van der Waals surface area contributed by atoms with Crippen molar-refractivity contribution in [2.45, 2.75) is 26.3 Å². The van der Waals surface area contributed by atoms with Crippen LogP contribution in [0, 0.1) is 5.92 Å². The van der Waals surface area contributed by atoms with Gasteiger partial charge in [-0.05, 0) is 17.9 Å². The summed E-state index contributed by atoms with van der Waals surface area (Å²) in [6, 6.07) is 11.0. The molecule has 1 aliphatic heterocycles. The third-order valence-corrected chi connectivity index (χ3v) is 4.54. The van der Waals surface area contributed by atoms with Crippen LogP contribution in [0.4, 0.5) is 0 Å². The number of nitrogens with zero attached hydrogens (tertiary/aromatic N) is 2. The fourth-order valence-corrected chi connectivity index (χ4v) is 3.09. The molecule has 1 unspecified atom stereocenters. The first kappa shape index (κ1) is 18.7. The predicted molar refractivity (Wildman–Crippen MR) is 101 cm³/mol. The molecule has 0 amide bonds. The minimum absolute atomic E-state index is 0.501. The average Bonchev–Trinajstić information content (AvgIpc) is 2.62. The second kappa shape index (κ2) is 10.3. The van der Waals surface area contributed by atoms with Gasteiger partial charge in [0.15, 0.2) is 5.96 Å². The zero-order valence-electron chi connectivity index (χ0n) is 15.3. The fourth-order valence-electron chi connectivity index (χ4n) is 3.09. The quantitative estimate of drug-likeness (QED) is 0.590. The van der Waals surface area contributed by atoms with E-state index in [-0.39, 0.29) is 0 Å². The van der Waals surface area contributed by atoms with Crippen molar-refractivity contribution in [1.29, 1.82) is 0 Å². The highest BCUT2D eigenvalue weighted by Crippen LogP contribution is 2.12. The second-order valence-electron chi connectivity index (χ2n) is 6.58. The van der Waals surface area contributed by atoms with Crippen LogP contribution in [-0.4, -0.2) is 63.3 Å². The van der Waals surface area contributed by atoms with E-state index in [0.29, 0.717) is 12.0 Å². The zero-order chi connectivity index (χ0) is 17.2. The lowest BCUT2D eigenvalue weighted by molar-refractivity contribution is 0.00752. The van der Waals surface area contributed by atoms with Crippen LogP contribution in [0.5, 0.6) is 0 Å². The maximum Gasteiger partial charge on any atom is 0.191 e. The predicted octanol–water partition coefficient (Wildman–Crippen LogP) is 1.75. The molecule has 2 rings (SSSR count). The molecule has 0 bridgehead atoms. The Bertz CT molecular complexity index is 483. The molecule has 1 aromatic rings. The Hall–Kier alpha value is -1.59. The molecule has 0 aliphatic carbocycles. The third kappa shape index (κ3) is 6.13. The van der Waals surface area contributed by atoms with Crippen molar-refractivity contribution in [3.63, 3.8) is 0 Å². The molecule has 0 aromatic heterocycles. The number of hydrogen-bond acceptors (Lipinski definition) is 3. The lowest BCUT2D eigenvalue weighted by Crippen LogP contribution is -2.52. The summed E-state index contributed by atoms with van der Waals surface area (Å²) in [4.78, 5) is 6.87. The van der Waals surface area contributed by atoms with E-state index in [1.54, 1.807) is 0 Å². The summed E-state index contributed by atoms with van der Waals surface area (Å²) in [5.74, 6) is 1.47. The summed E-state index contributed by atoms with van der Waals surface area (Å²) in [6.07, 6.45) is 0.999. The normalized spacial score (nSPS) is 17.8. The average molecular weight is 332 g/mol. The number of guanidine groups is 1. The van der Waals surface area contributed by atoms with Crippen LogP contribution in [0.3, 0.4) is 0 Å². The lowest BCUT2D eigenvalue weighted by Gasteiger charge is -2.37. The van der Waals surface area contributed by atoms with E-state index >= 15 is 0 Å². The van der Waals surface area contributed by atoms with Gasteiger partial charge in [0, 0.05) is 39.3 Å². The van der Waals surface area contributed by atoms with Gasteiger partial charge < -0.3 is 15.4 Å². The number of morpholine rings is 1. The number of ether oxygens (including phenoxy) is 1. The Morgan fingerprint density at radius 2 is 1.88 bits per heavy atom. The minimum Gasteiger partial charge on any atom is -0.379 e. The highest BCUT2D eigenvalue weighted by Gasteiger charge is 2.23. The van der Waals surface area contributed by atoms with Gasteiger partial charge in [0.05, 0.1) is 13.2 Å². The van der Waals surface area contributed by atoms with Gasteiger partial charge in [-0.25, -0.2) is 0 Å². The van der Waals surface area contributed by atoms with Crippen LogP contribution in [0.1, 0.15) is 19.4 Å². The molecule has 0 saturated carbocycles. The second-order valence-corrected chi connectivity index (χ2v) is 6.58. The molecule has 1 atom stereocenters. The monoisotopic (exact) mass is 332 g/mol. The van der Waals surface area contributed by atoms with Crippen LogP contribution in [-0.2, 0) is 11.2 Å². The maximum absolute atomic E-state index is 5.47. The molecule has 1 saturated heterocycles. The number of hydrogen-bond donors (Lipinski definition) is 2. The Morgan fingerprint density at radius 3 is 2.50 bits per heavy atom. The maximum atomic E-state index is 5.47. The van der Waals surface area contributed by atoms with Crippen LogP contribution >= 0.6 is 0 Å². The van der Waals surface area contributed by atoms with E-state index < -0.39 is 0 Å². The summed E-state index contributed by atoms with van der Waals surface area (Å²) in [5, 5.41) is 6.90. The summed E-state index contributed by atoms with van der Waals surface area (Å²) in [7, 11) is 1.83. The van der Waals surface area contributed by atoms with Gasteiger partial charge in [0.25, 0.3) is 0 Å². The zero-order valence-corrected chi connectivity index (χ0v) is 15.3. The Balaban J connectivity index is 1.76.